The van der Waals surface area contributed by atoms with Gasteiger partial charge in [-0.15, -0.1) is 0 Å². The Morgan fingerprint density at radius 1 is 1.57 bits per heavy atom. The van der Waals surface area contributed by atoms with Gasteiger partial charge in [-0.3, -0.25) is 0 Å². The van der Waals surface area contributed by atoms with Gasteiger partial charge >= 0.3 is 0 Å². The van der Waals surface area contributed by atoms with Crippen LogP contribution in [0.1, 0.15) is 43.6 Å². The van der Waals surface area contributed by atoms with Crippen LogP contribution in [0.3, 0.4) is 0 Å². The van der Waals surface area contributed by atoms with Gasteiger partial charge in [-0.2, -0.15) is 0 Å². The second-order valence-corrected chi connectivity index (χ2v) is 4.16. The van der Waals surface area contributed by atoms with E-state index in [2.05, 4.69) is 25.2 Å². The van der Waals surface area contributed by atoms with Gasteiger partial charge < -0.3 is 9.73 Å². The normalized spacial score (nSPS) is 19.3. The van der Waals surface area contributed by atoms with E-state index in [0.717, 1.165) is 18.2 Å². The summed E-state index contributed by atoms with van der Waals surface area (Å²) in [6.45, 7) is 5.26. The molecule has 0 amide bonds. The highest BCUT2D eigenvalue weighted by Gasteiger charge is 2.29. The summed E-state index contributed by atoms with van der Waals surface area (Å²) in [4.78, 5) is 0. The number of nitrogens with one attached hydrogen (secondary N) is 1. The second kappa shape index (κ2) is 4.18. The number of hydrogen-bond acceptors (Lipinski definition) is 2. The molecule has 2 rings (SSSR count). The lowest BCUT2D eigenvalue weighted by molar-refractivity contribution is 0.231. The SMILES string of the molecule is CCNC(c1ccoc1C)C1CCC1. The molecule has 0 aliphatic heterocycles. The van der Waals surface area contributed by atoms with E-state index in [9.17, 15) is 0 Å². The maximum absolute atomic E-state index is 5.37. The molecule has 0 bridgehead atoms. The zero-order chi connectivity index (χ0) is 9.97. The minimum atomic E-state index is 0.521. The van der Waals surface area contributed by atoms with Crippen LogP contribution < -0.4 is 5.32 Å². The van der Waals surface area contributed by atoms with Crippen molar-refractivity contribution in [3.63, 3.8) is 0 Å². The van der Waals surface area contributed by atoms with E-state index in [0.29, 0.717) is 6.04 Å². The van der Waals surface area contributed by atoms with Crippen molar-refractivity contribution >= 4 is 0 Å². The van der Waals surface area contributed by atoms with Crippen molar-refractivity contribution in [1.82, 2.24) is 5.32 Å². The summed E-state index contributed by atoms with van der Waals surface area (Å²) in [5.74, 6) is 1.90. The Labute approximate surface area is 85.7 Å². The Bertz CT molecular complexity index is 288. The molecule has 1 aliphatic rings. The fraction of sp³-hybridized carbons (Fsp3) is 0.667. The molecule has 1 fully saturated rings. The molecule has 1 aromatic heterocycles. The van der Waals surface area contributed by atoms with E-state index in [1.807, 2.05) is 0 Å². The minimum Gasteiger partial charge on any atom is -0.469 e. The highest BCUT2D eigenvalue weighted by Crippen LogP contribution is 2.38. The van der Waals surface area contributed by atoms with E-state index < -0.39 is 0 Å². The Morgan fingerprint density at radius 3 is 2.79 bits per heavy atom. The van der Waals surface area contributed by atoms with Crippen LogP contribution in [0.5, 0.6) is 0 Å². The lowest BCUT2D eigenvalue weighted by atomic mass is 9.77. The van der Waals surface area contributed by atoms with E-state index >= 15 is 0 Å². The van der Waals surface area contributed by atoms with E-state index in [1.165, 1.54) is 24.8 Å². The fourth-order valence-corrected chi connectivity index (χ4v) is 2.24. The summed E-state index contributed by atoms with van der Waals surface area (Å²) in [5, 5.41) is 3.57. The molecule has 2 heteroatoms. The largest absolute Gasteiger partial charge is 0.469 e. The van der Waals surface area contributed by atoms with Crippen molar-refractivity contribution in [3.8, 4) is 0 Å². The molecule has 1 atom stereocenters. The topological polar surface area (TPSA) is 25.2 Å². The third kappa shape index (κ3) is 1.71. The molecule has 1 unspecified atom stereocenters. The van der Waals surface area contributed by atoms with Gasteiger partial charge in [-0.1, -0.05) is 13.3 Å². The smallest absolute Gasteiger partial charge is 0.105 e. The Balaban J connectivity index is 2.13. The predicted molar refractivity (Wildman–Crippen MR) is 57.2 cm³/mol. The first kappa shape index (κ1) is 9.78. The zero-order valence-corrected chi connectivity index (χ0v) is 9.05. The van der Waals surface area contributed by atoms with Gasteiger partial charge in [0.1, 0.15) is 5.76 Å². The summed E-state index contributed by atoms with van der Waals surface area (Å²) in [7, 11) is 0. The molecule has 14 heavy (non-hydrogen) atoms. The predicted octanol–water partition coefficient (Wildman–Crippen LogP) is 3.04. The van der Waals surface area contributed by atoms with Crippen LogP contribution in [-0.4, -0.2) is 6.54 Å². The maximum Gasteiger partial charge on any atom is 0.105 e. The first-order chi connectivity index (χ1) is 6.83. The lowest BCUT2D eigenvalue weighted by Crippen LogP contribution is -2.32. The molecule has 0 saturated heterocycles. The van der Waals surface area contributed by atoms with Crippen LogP contribution in [0.4, 0.5) is 0 Å². The first-order valence-electron chi connectivity index (χ1n) is 5.60. The Morgan fingerprint density at radius 2 is 2.36 bits per heavy atom. The minimum absolute atomic E-state index is 0.521. The number of furan rings is 1. The van der Waals surface area contributed by atoms with Gasteiger partial charge in [0.05, 0.1) is 6.26 Å². The average molecular weight is 193 g/mol. The Hall–Kier alpha value is -0.760. The molecule has 0 spiro atoms. The van der Waals surface area contributed by atoms with Crippen LogP contribution >= 0.6 is 0 Å². The van der Waals surface area contributed by atoms with Crippen LogP contribution in [0.15, 0.2) is 16.7 Å². The third-order valence-corrected chi connectivity index (χ3v) is 3.28. The lowest BCUT2D eigenvalue weighted by Gasteiger charge is -2.34. The van der Waals surface area contributed by atoms with Crippen LogP contribution in [0.2, 0.25) is 0 Å². The van der Waals surface area contributed by atoms with Gasteiger partial charge in [-0.05, 0) is 38.3 Å². The quantitative estimate of drug-likeness (QED) is 0.795. The molecule has 1 aromatic rings. The molecule has 0 aromatic carbocycles. The molecule has 78 valence electrons. The molecule has 0 radical (unpaired) electrons. The van der Waals surface area contributed by atoms with E-state index in [4.69, 9.17) is 4.42 Å². The second-order valence-electron chi connectivity index (χ2n) is 4.16. The van der Waals surface area contributed by atoms with Crippen molar-refractivity contribution in [2.75, 3.05) is 6.54 Å². The molecular weight excluding hydrogens is 174 g/mol. The van der Waals surface area contributed by atoms with Gasteiger partial charge in [0.2, 0.25) is 0 Å². The van der Waals surface area contributed by atoms with Crippen molar-refractivity contribution in [2.24, 2.45) is 5.92 Å². The molecule has 1 aliphatic carbocycles. The number of aryl methyl sites for hydroxylation is 1. The van der Waals surface area contributed by atoms with Crippen LogP contribution in [0.25, 0.3) is 0 Å². The monoisotopic (exact) mass is 193 g/mol. The summed E-state index contributed by atoms with van der Waals surface area (Å²) in [5.41, 5.74) is 1.36. The standard InChI is InChI=1S/C12H19NO/c1-3-13-12(10-5-4-6-10)11-7-8-14-9(11)2/h7-8,10,12-13H,3-6H2,1-2H3. The van der Waals surface area contributed by atoms with Gasteiger partial charge in [0.25, 0.3) is 0 Å². The molecular formula is C12H19NO. The fourth-order valence-electron chi connectivity index (χ4n) is 2.24. The van der Waals surface area contributed by atoms with E-state index in [-0.39, 0.29) is 0 Å². The Kier molecular flexibility index (Phi) is 2.92. The number of hydrogen-bond donors (Lipinski definition) is 1. The van der Waals surface area contributed by atoms with Gasteiger partial charge in [0.15, 0.2) is 0 Å². The molecule has 2 nitrogen and oxygen atoms in total. The highest BCUT2D eigenvalue weighted by molar-refractivity contribution is 5.21. The molecule has 1 saturated carbocycles. The average Bonchev–Trinajstić information content (AvgIpc) is 2.47. The summed E-state index contributed by atoms with van der Waals surface area (Å²) in [6, 6.07) is 2.63. The van der Waals surface area contributed by atoms with Crippen LogP contribution in [-0.2, 0) is 0 Å². The summed E-state index contributed by atoms with van der Waals surface area (Å²) < 4.78 is 5.37. The van der Waals surface area contributed by atoms with E-state index in [1.54, 1.807) is 6.26 Å². The zero-order valence-electron chi connectivity index (χ0n) is 9.05. The summed E-state index contributed by atoms with van der Waals surface area (Å²) in [6.07, 6.45) is 5.92. The molecule has 1 N–H and O–H groups in total. The molecule has 1 heterocycles. The first-order valence-corrected chi connectivity index (χ1v) is 5.60. The van der Waals surface area contributed by atoms with Crippen molar-refractivity contribution < 1.29 is 4.42 Å². The van der Waals surface area contributed by atoms with Gasteiger partial charge in [-0.25, -0.2) is 0 Å². The van der Waals surface area contributed by atoms with Crippen molar-refractivity contribution in [2.45, 2.75) is 39.2 Å². The van der Waals surface area contributed by atoms with Gasteiger partial charge in [0, 0.05) is 11.6 Å². The highest BCUT2D eigenvalue weighted by atomic mass is 16.3. The number of rotatable bonds is 4. The van der Waals surface area contributed by atoms with Crippen molar-refractivity contribution in [1.29, 1.82) is 0 Å². The van der Waals surface area contributed by atoms with Crippen molar-refractivity contribution in [3.05, 3.63) is 23.7 Å². The maximum atomic E-state index is 5.37. The van der Waals surface area contributed by atoms with Crippen LogP contribution in [0, 0.1) is 12.8 Å². The third-order valence-electron chi connectivity index (χ3n) is 3.28. The summed E-state index contributed by atoms with van der Waals surface area (Å²) >= 11 is 0.